The first-order valence-electron chi connectivity index (χ1n) is 6.50. The van der Waals surface area contributed by atoms with Gasteiger partial charge >= 0.3 is 0 Å². The molecule has 0 aromatic heterocycles. The van der Waals surface area contributed by atoms with Crippen molar-refractivity contribution < 1.29 is 5.11 Å². The number of nitrogens with zero attached hydrogens (tertiary/aromatic N) is 2. The van der Waals surface area contributed by atoms with Crippen molar-refractivity contribution in [1.29, 1.82) is 5.26 Å². The molecule has 3 aliphatic rings. The highest BCUT2D eigenvalue weighted by Gasteiger charge is 2.60. The molecular weight excluding hydrogens is 200 g/mol. The molecule has 0 amide bonds. The number of likely N-dealkylation sites (tertiary alicyclic amines) is 1. The van der Waals surface area contributed by atoms with Crippen molar-refractivity contribution in [3.8, 4) is 6.07 Å². The van der Waals surface area contributed by atoms with E-state index in [1.165, 1.54) is 12.8 Å². The minimum absolute atomic E-state index is 0.426. The topological polar surface area (TPSA) is 47.3 Å². The van der Waals surface area contributed by atoms with Gasteiger partial charge in [-0.05, 0) is 39.0 Å². The van der Waals surface area contributed by atoms with Crippen molar-refractivity contribution in [2.24, 2.45) is 5.41 Å². The fourth-order valence-electron chi connectivity index (χ4n) is 3.58. The second kappa shape index (κ2) is 3.21. The van der Waals surface area contributed by atoms with E-state index in [1.54, 1.807) is 0 Å². The van der Waals surface area contributed by atoms with E-state index in [4.69, 9.17) is 0 Å². The highest BCUT2D eigenvalue weighted by molar-refractivity contribution is 5.20. The summed E-state index contributed by atoms with van der Waals surface area (Å²) in [5, 5.41) is 20.2. The average Bonchev–Trinajstić information content (AvgIpc) is 2.92. The molecule has 2 saturated carbocycles. The van der Waals surface area contributed by atoms with E-state index in [0.717, 1.165) is 32.2 Å². The first-order valence-corrected chi connectivity index (χ1v) is 6.50. The lowest BCUT2D eigenvalue weighted by molar-refractivity contribution is -0.0851. The molecule has 3 fully saturated rings. The van der Waals surface area contributed by atoms with Crippen molar-refractivity contribution in [3.63, 3.8) is 0 Å². The Hall–Kier alpha value is -0.590. The third-order valence-electron chi connectivity index (χ3n) is 4.97. The maximum Gasteiger partial charge on any atom is 0.0974 e. The van der Waals surface area contributed by atoms with Crippen molar-refractivity contribution in [1.82, 2.24) is 4.90 Å². The summed E-state index contributed by atoms with van der Waals surface area (Å²) in [5.74, 6) is 0. The Bertz CT molecular complexity index is 340. The van der Waals surface area contributed by atoms with Crippen LogP contribution >= 0.6 is 0 Å². The molecule has 0 aromatic carbocycles. The number of nitriles is 1. The van der Waals surface area contributed by atoms with Crippen molar-refractivity contribution in [3.05, 3.63) is 0 Å². The smallest absolute Gasteiger partial charge is 0.0974 e. The SMILES string of the molecule is CC1CC(O)(C2(C#N)CCC2)CN1C1CC1. The highest BCUT2D eigenvalue weighted by atomic mass is 16.3. The molecule has 1 N–H and O–H groups in total. The number of rotatable bonds is 2. The highest BCUT2D eigenvalue weighted by Crippen LogP contribution is 2.54. The minimum Gasteiger partial charge on any atom is -0.387 e. The number of β-amino-alcohol motifs (C(OH)–C–C–N with tert-alkyl or cyclic N) is 1. The quantitative estimate of drug-likeness (QED) is 0.770. The predicted molar refractivity (Wildman–Crippen MR) is 60.7 cm³/mol. The van der Waals surface area contributed by atoms with Gasteiger partial charge in [-0.25, -0.2) is 0 Å². The van der Waals surface area contributed by atoms with Gasteiger partial charge in [0.05, 0.1) is 17.1 Å². The summed E-state index contributed by atoms with van der Waals surface area (Å²) in [6.07, 6.45) is 6.24. The molecule has 0 radical (unpaired) electrons. The zero-order valence-electron chi connectivity index (χ0n) is 9.95. The van der Waals surface area contributed by atoms with E-state index < -0.39 is 11.0 Å². The Kier molecular flexibility index (Phi) is 2.12. The molecule has 3 nitrogen and oxygen atoms in total. The van der Waals surface area contributed by atoms with Crippen molar-refractivity contribution in [2.75, 3.05) is 6.54 Å². The van der Waals surface area contributed by atoms with Gasteiger partial charge in [0.2, 0.25) is 0 Å². The Morgan fingerprint density at radius 3 is 2.50 bits per heavy atom. The van der Waals surface area contributed by atoms with E-state index in [-0.39, 0.29) is 0 Å². The molecule has 3 heteroatoms. The van der Waals surface area contributed by atoms with Gasteiger partial charge < -0.3 is 5.11 Å². The molecule has 2 aliphatic carbocycles. The van der Waals surface area contributed by atoms with E-state index in [1.807, 2.05) is 0 Å². The maximum absolute atomic E-state index is 10.8. The normalized spacial score (nSPS) is 42.7. The molecule has 1 aliphatic heterocycles. The third kappa shape index (κ3) is 1.26. The van der Waals surface area contributed by atoms with Gasteiger partial charge in [-0.1, -0.05) is 6.42 Å². The zero-order valence-corrected chi connectivity index (χ0v) is 9.95. The monoisotopic (exact) mass is 220 g/mol. The van der Waals surface area contributed by atoms with Crippen LogP contribution in [0.4, 0.5) is 0 Å². The van der Waals surface area contributed by atoms with Gasteiger partial charge in [0.1, 0.15) is 0 Å². The van der Waals surface area contributed by atoms with Gasteiger partial charge in [-0.2, -0.15) is 5.26 Å². The Morgan fingerprint density at radius 1 is 1.38 bits per heavy atom. The second-order valence-corrected chi connectivity index (χ2v) is 6.04. The Morgan fingerprint density at radius 2 is 2.06 bits per heavy atom. The Balaban J connectivity index is 1.82. The van der Waals surface area contributed by atoms with Crippen LogP contribution in [0.3, 0.4) is 0 Å². The standard InChI is InChI=1S/C13H20N2O/c1-10-7-13(16,9-15(10)11-3-4-11)12(8-14)5-2-6-12/h10-11,16H,2-7,9H2,1H3. The number of aliphatic hydroxyl groups is 1. The second-order valence-electron chi connectivity index (χ2n) is 6.04. The molecule has 1 heterocycles. The molecule has 2 unspecified atom stereocenters. The zero-order chi connectivity index (χ0) is 11.4. The molecule has 0 bridgehead atoms. The summed E-state index contributed by atoms with van der Waals surface area (Å²) in [4.78, 5) is 2.43. The van der Waals surface area contributed by atoms with Crippen LogP contribution in [0.5, 0.6) is 0 Å². The van der Waals surface area contributed by atoms with Crippen LogP contribution in [0, 0.1) is 16.7 Å². The largest absolute Gasteiger partial charge is 0.387 e. The fraction of sp³-hybridized carbons (Fsp3) is 0.923. The molecule has 3 rings (SSSR count). The predicted octanol–water partition coefficient (Wildman–Crippen LogP) is 1.67. The summed E-state index contributed by atoms with van der Waals surface area (Å²) >= 11 is 0. The molecule has 0 aromatic rings. The molecular formula is C13H20N2O. The molecule has 88 valence electrons. The van der Waals surface area contributed by atoms with Crippen LogP contribution in [0.25, 0.3) is 0 Å². The van der Waals surface area contributed by atoms with Crippen molar-refractivity contribution in [2.45, 2.75) is 63.1 Å². The third-order valence-corrected chi connectivity index (χ3v) is 4.97. The van der Waals surface area contributed by atoms with Gasteiger partial charge in [-0.3, -0.25) is 4.90 Å². The van der Waals surface area contributed by atoms with Crippen LogP contribution in [0.15, 0.2) is 0 Å². The molecule has 1 saturated heterocycles. The fourth-order valence-corrected chi connectivity index (χ4v) is 3.58. The first kappa shape index (κ1) is 10.6. The lowest BCUT2D eigenvalue weighted by Crippen LogP contribution is -2.53. The summed E-state index contributed by atoms with van der Waals surface area (Å²) in [6, 6.07) is 3.56. The van der Waals surface area contributed by atoms with Gasteiger partial charge in [0.15, 0.2) is 0 Å². The van der Waals surface area contributed by atoms with Crippen LogP contribution < -0.4 is 0 Å². The lowest BCUT2D eigenvalue weighted by atomic mass is 9.59. The lowest BCUT2D eigenvalue weighted by Gasteiger charge is -2.46. The summed E-state index contributed by atoms with van der Waals surface area (Å²) in [6.45, 7) is 2.92. The molecule has 2 atom stereocenters. The summed E-state index contributed by atoms with van der Waals surface area (Å²) < 4.78 is 0. The van der Waals surface area contributed by atoms with Crippen LogP contribution in [0.1, 0.15) is 45.4 Å². The maximum atomic E-state index is 10.8. The number of hydrogen-bond donors (Lipinski definition) is 1. The van der Waals surface area contributed by atoms with Gasteiger partial charge in [-0.15, -0.1) is 0 Å². The molecule has 0 spiro atoms. The van der Waals surface area contributed by atoms with Crippen LogP contribution in [0.2, 0.25) is 0 Å². The van der Waals surface area contributed by atoms with Crippen molar-refractivity contribution >= 4 is 0 Å². The molecule has 16 heavy (non-hydrogen) atoms. The van der Waals surface area contributed by atoms with Crippen LogP contribution in [-0.2, 0) is 0 Å². The number of hydrogen-bond acceptors (Lipinski definition) is 3. The first-order chi connectivity index (χ1) is 7.60. The van der Waals surface area contributed by atoms with Gasteiger partial charge in [0, 0.05) is 18.6 Å². The average molecular weight is 220 g/mol. The van der Waals surface area contributed by atoms with Crippen LogP contribution in [-0.4, -0.2) is 34.2 Å². The summed E-state index contributed by atoms with van der Waals surface area (Å²) in [7, 11) is 0. The minimum atomic E-state index is -0.734. The van der Waals surface area contributed by atoms with E-state index in [2.05, 4.69) is 17.9 Å². The van der Waals surface area contributed by atoms with E-state index in [0.29, 0.717) is 12.1 Å². The Labute approximate surface area is 97.0 Å². The van der Waals surface area contributed by atoms with E-state index in [9.17, 15) is 10.4 Å². The van der Waals surface area contributed by atoms with E-state index >= 15 is 0 Å². The van der Waals surface area contributed by atoms with Gasteiger partial charge in [0.25, 0.3) is 0 Å². The summed E-state index contributed by atoms with van der Waals surface area (Å²) in [5.41, 5.74) is -1.16.